The van der Waals surface area contributed by atoms with Crippen molar-refractivity contribution in [3.05, 3.63) is 88.0 Å². The molecule has 2 aromatic carbocycles. The number of nitrogens with one attached hydrogen (secondary N) is 1. The van der Waals surface area contributed by atoms with Gasteiger partial charge < -0.3 is 9.73 Å². The van der Waals surface area contributed by atoms with Crippen molar-refractivity contribution >= 4 is 40.0 Å². The molecule has 4 nitrogen and oxygen atoms in total. The molecule has 0 spiro atoms. The van der Waals surface area contributed by atoms with Crippen LogP contribution >= 0.6 is 23.2 Å². The normalized spacial score (nSPS) is 12.8. The van der Waals surface area contributed by atoms with Gasteiger partial charge in [-0.1, -0.05) is 35.3 Å². The molecule has 2 heterocycles. The van der Waals surface area contributed by atoms with Gasteiger partial charge in [-0.2, -0.15) is 8.78 Å². The molecule has 0 radical (unpaired) electrons. The Labute approximate surface area is 181 Å². The van der Waals surface area contributed by atoms with E-state index in [2.05, 4.69) is 15.3 Å². The Kier molecular flexibility index (Phi) is 5.62. The molecule has 1 atom stereocenters. The molecule has 0 saturated heterocycles. The number of rotatable bonds is 6. The van der Waals surface area contributed by atoms with Crippen LogP contribution in [0.2, 0.25) is 10.0 Å². The maximum Gasteiger partial charge on any atom is 0.306 e. The van der Waals surface area contributed by atoms with Crippen molar-refractivity contribution in [2.24, 2.45) is 0 Å². The van der Waals surface area contributed by atoms with Crippen molar-refractivity contribution in [3.63, 3.8) is 0 Å². The maximum atomic E-state index is 14.5. The van der Waals surface area contributed by atoms with E-state index in [0.717, 1.165) is 5.56 Å². The molecule has 0 aliphatic rings. The summed E-state index contributed by atoms with van der Waals surface area (Å²) < 4.78 is 34.8. The summed E-state index contributed by atoms with van der Waals surface area (Å²) in [6.07, 6.45) is 1.34. The minimum Gasteiger partial charge on any atom is -0.440 e. The van der Waals surface area contributed by atoms with Gasteiger partial charge in [0.1, 0.15) is 11.2 Å². The number of halogens is 4. The largest absolute Gasteiger partial charge is 0.440 e. The summed E-state index contributed by atoms with van der Waals surface area (Å²) in [6.45, 7) is 1.29. The molecule has 4 rings (SSSR count). The van der Waals surface area contributed by atoms with E-state index in [0.29, 0.717) is 32.7 Å². The Bertz CT molecular complexity index is 1160. The standard InChI is InChI=1S/C22H17Cl2F2N3O/c1-13(14-9-15(23)11-16(24)10-14)21-29-20-17(5-4-6-18(20)30-21)28-12-22(25,26)19-7-2-3-8-27-19/h2-11,13,28H,12H2,1H3. The van der Waals surface area contributed by atoms with Gasteiger partial charge >= 0.3 is 5.92 Å². The summed E-state index contributed by atoms with van der Waals surface area (Å²) in [4.78, 5) is 8.30. The fourth-order valence-corrected chi connectivity index (χ4v) is 3.68. The first-order chi connectivity index (χ1) is 14.3. The molecule has 0 amide bonds. The minimum absolute atomic E-state index is 0.226. The van der Waals surface area contributed by atoms with E-state index in [1.807, 2.05) is 6.92 Å². The first-order valence-corrected chi connectivity index (χ1v) is 9.98. The van der Waals surface area contributed by atoms with E-state index in [4.69, 9.17) is 27.6 Å². The van der Waals surface area contributed by atoms with Gasteiger partial charge in [-0.3, -0.25) is 4.98 Å². The first kappa shape index (κ1) is 20.6. The molecule has 1 unspecified atom stereocenters. The highest BCUT2D eigenvalue weighted by atomic mass is 35.5. The average molecular weight is 448 g/mol. The smallest absolute Gasteiger partial charge is 0.306 e. The lowest BCUT2D eigenvalue weighted by Crippen LogP contribution is -2.25. The molecule has 30 heavy (non-hydrogen) atoms. The van der Waals surface area contributed by atoms with E-state index < -0.39 is 12.5 Å². The number of anilines is 1. The Balaban J connectivity index is 1.61. The van der Waals surface area contributed by atoms with Gasteiger partial charge in [0.05, 0.1) is 18.2 Å². The van der Waals surface area contributed by atoms with Gasteiger partial charge in [0.25, 0.3) is 0 Å². The molecule has 0 saturated carbocycles. The number of hydrogen-bond donors (Lipinski definition) is 1. The van der Waals surface area contributed by atoms with Gasteiger partial charge in [-0.25, -0.2) is 4.98 Å². The molecule has 8 heteroatoms. The monoisotopic (exact) mass is 447 g/mol. The van der Waals surface area contributed by atoms with Crippen LogP contribution in [0.5, 0.6) is 0 Å². The summed E-state index contributed by atoms with van der Waals surface area (Å²) in [5.74, 6) is -2.92. The topological polar surface area (TPSA) is 51.0 Å². The zero-order valence-electron chi connectivity index (χ0n) is 15.9. The summed E-state index contributed by atoms with van der Waals surface area (Å²) >= 11 is 12.2. The molecule has 2 aromatic heterocycles. The SMILES string of the molecule is CC(c1cc(Cl)cc(Cl)c1)c1nc2c(NCC(F)(F)c3ccccn3)cccc2o1. The molecule has 4 aromatic rings. The van der Waals surface area contributed by atoms with Crippen LogP contribution in [0.1, 0.15) is 30.0 Å². The highest BCUT2D eigenvalue weighted by Crippen LogP contribution is 2.33. The fourth-order valence-electron chi connectivity index (χ4n) is 3.14. The predicted molar refractivity (Wildman–Crippen MR) is 115 cm³/mol. The lowest BCUT2D eigenvalue weighted by Gasteiger charge is -2.17. The Morgan fingerprint density at radius 2 is 1.83 bits per heavy atom. The molecule has 0 bridgehead atoms. The predicted octanol–water partition coefficient (Wildman–Crippen LogP) is 6.89. The zero-order chi connectivity index (χ0) is 21.3. The lowest BCUT2D eigenvalue weighted by atomic mass is 10.0. The third-order valence-electron chi connectivity index (χ3n) is 4.73. The van der Waals surface area contributed by atoms with Crippen LogP contribution in [-0.4, -0.2) is 16.5 Å². The Morgan fingerprint density at radius 3 is 2.53 bits per heavy atom. The maximum absolute atomic E-state index is 14.5. The van der Waals surface area contributed by atoms with E-state index in [9.17, 15) is 8.78 Å². The van der Waals surface area contributed by atoms with Crippen LogP contribution in [0.4, 0.5) is 14.5 Å². The quantitative estimate of drug-likeness (QED) is 0.349. The summed E-state index contributed by atoms with van der Waals surface area (Å²) in [7, 11) is 0. The summed E-state index contributed by atoms with van der Waals surface area (Å²) in [5, 5.41) is 3.81. The zero-order valence-corrected chi connectivity index (χ0v) is 17.4. The second-order valence-electron chi connectivity index (χ2n) is 6.90. The lowest BCUT2D eigenvalue weighted by molar-refractivity contribution is 0.00602. The van der Waals surface area contributed by atoms with Crippen molar-refractivity contribution in [2.75, 3.05) is 11.9 Å². The van der Waals surface area contributed by atoms with Crippen molar-refractivity contribution in [3.8, 4) is 0 Å². The van der Waals surface area contributed by atoms with Gasteiger partial charge in [0.2, 0.25) is 5.89 Å². The van der Waals surface area contributed by atoms with Crippen molar-refractivity contribution in [2.45, 2.75) is 18.8 Å². The molecule has 154 valence electrons. The second kappa shape index (κ2) is 8.20. The van der Waals surface area contributed by atoms with Gasteiger partial charge in [-0.05, 0) is 55.0 Å². The van der Waals surface area contributed by atoms with Crippen LogP contribution in [0.15, 0.2) is 65.2 Å². The van der Waals surface area contributed by atoms with E-state index in [1.54, 1.807) is 42.5 Å². The Hall–Kier alpha value is -2.70. The molecule has 0 aliphatic carbocycles. The number of nitrogens with zero attached hydrogens (tertiary/aromatic N) is 2. The number of benzene rings is 2. The van der Waals surface area contributed by atoms with Gasteiger partial charge in [-0.15, -0.1) is 0 Å². The molecule has 0 aliphatic heterocycles. The highest BCUT2D eigenvalue weighted by molar-refractivity contribution is 6.34. The minimum atomic E-state index is -3.14. The van der Waals surface area contributed by atoms with E-state index in [-0.39, 0.29) is 11.6 Å². The molecule has 1 N–H and O–H groups in total. The Morgan fingerprint density at radius 1 is 1.07 bits per heavy atom. The van der Waals surface area contributed by atoms with Gasteiger partial charge in [0, 0.05) is 16.2 Å². The number of alkyl halides is 2. The van der Waals surface area contributed by atoms with E-state index in [1.165, 1.54) is 18.3 Å². The number of aromatic nitrogens is 2. The van der Waals surface area contributed by atoms with Crippen LogP contribution in [0.25, 0.3) is 11.1 Å². The third kappa shape index (κ3) is 4.25. The average Bonchev–Trinajstić information content (AvgIpc) is 3.16. The summed E-state index contributed by atoms with van der Waals surface area (Å²) in [6, 6.07) is 14.8. The summed E-state index contributed by atoms with van der Waals surface area (Å²) in [5.41, 5.74) is 1.97. The third-order valence-corrected chi connectivity index (χ3v) is 5.17. The first-order valence-electron chi connectivity index (χ1n) is 9.22. The number of oxazole rings is 1. The van der Waals surface area contributed by atoms with Crippen LogP contribution in [-0.2, 0) is 5.92 Å². The number of pyridine rings is 1. The van der Waals surface area contributed by atoms with Crippen molar-refractivity contribution in [1.29, 1.82) is 0 Å². The van der Waals surface area contributed by atoms with Crippen LogP contribution < -0.4 is 5.32 Å². The molecular formula is C22H17Cl2F2N3O. The second-order valence-corrected chi connectivity index (χ2v) is 7.77. The number of para-hydroxylation sites is 1. The molecule has 0 fully saturated rings. The van der Waals surface area contributed by atoms with E-state index >= 15 is 0 Å². The van der Waals surface area contributed by atoms with Crippen molar-refractivity contribution < 1.29 is 13.2 Å². The van der Waals surface area contributed by atoms with Crippen molar-refractivity contribution in [1.82, 2.24) is 9.97 Å². The fraction of sp³-hybridized carbons (Fsp3) is 0.182. The highest BCUT2D eigenvalue weighted by Gasteiger charge is 2.33. The van der Waals surface area contributed by atoms with Crippen LogP contribution in [0.3, 0.4) is 0 Å². The van der Waals surface area contributed by atoms with Crippen LogP contribution in [0, 0.1) is 0 Å². The molecular weight excluding hydrogens is 431 g/mol. The van der Waals surface area contributed by atoms with Gasteiger partial charge in [0.15, 0.2) is 5.58 Å². The number of fused-ring (bicyclic) bond motifs is 1. The number of hydrogen-bond acceptors (Lipinski definition) is 4.